The number of hydrogen-bond acceptors (Lipinski definition) is 6. The number of methoxy groups -OCH3 is 1. The summed E-state index contributed by atoms with van der Waals surface area (Å²) < 4.78 is 18.3. The highest BCUT2D eigenvalue weighted by molar-refractivity contribution is 6.32. The Kier molecular flexibility index (Phi) is 9.19. The Hall–Kier alpha value is -3.36. The summed E-state index contributed by atoms with van der Waals surface area (Å²) in [5.74, 6) is 0.635. The Morgan fingerprint density at radius 2 is 2.08 bits per heavy atom. The largest absolute Gasteiger partial charge is 0.492 e. The molecule has 8 nitrogen and oxygen atoms in total. The molecule has 1 amide bonds. The van der Waals surface area contributed by atoms with Gasteiger partial charge in [0.15, 0.2) is 0 Å². The van der Waals surface area contributed by atoms with Crippen LogP contribution in [0, 0.1) is 0 Å². The van der Waals surface area contributed by atoms with Gasteiger partial charge in [0.1, 0.15) is 18.0 Å². The van der Waals surface area contributed by atoms with Gasteiger partial charge in [0.25, 0.3) is 0 Å². The molecule has 37 heavy (non-hydrogen) atoms. The van der Waals surface area contributed by atoms with Gasteiger partial charge in [-0.3, -0.25) is 15.1 Å². The minimum Gasteiger partial charge on any atom is -0.492 e. The number of amides is 1. The number of benzene rings is 1. The van der Waals surface area contributed by atoms with E-state index in [4.69, 9.17) is 25.8 Å². The Morgan fingerprint density at radius 1 is 1.22 bits per heavy atom. The molecule has 4 rings (SSSR count). The summed E-state index contributed by atoms with van der Waals surface area (Å²) in [6.07, 6.45) is 7.19. The first-order valence-corrected chi connectivity index (χ1v) is 12.9. The fourth-order valence-corrected chi connectivity index (χ4v) is 4.68. The first-order valence-electron chi connectivity index (χ1n) is 12.5. The van der Waals surface area contributed by atoms with Crippen molar-refractivity contribution in [1.29, 1.82) is 0 Å². The van der Waals surface area contributed by atoms with E-state index in [-0.39, 0.29) is 23.8 Å². The number of nitrogens with one attached hydrogen (secondary N) is 1. The van der Waals surface area contributed by atoms with Crippen molar-refractivity contribution in [2.24, 2.45) is 0 Å². The molecule has 1 aromatic carbocycles. The van der Waals surface area contributed by atoms with Gasteiger partial charge in [-0.1, -0.05) is 37.4 Å². The monoisotopic (exact) mass is 525 g/mol. The lowest BCUT2D eigenvalue weighted by Crippen LogP contribution is -2.26. The summed E-state index contributed by atoms with van der Waals surface area (Å²) >= 11 is 6.56. The molecule has 1 aliphatic rings. The normalized spacial score (nSPS) is 14.0. The van der Waals surface area contributed by atoms with Crippen molar-refractivity contribution in [3.05, 3.63) is 75.3 Å². The van der Waals surface area contributed by atoms with Crippen molar-refractivity contribution in [3.8, 4) is 17.0 Å². The van der Waals surface area contributed by atoms with Crippen LogP contribution in [0.1, 0.15) is 49.9 Å². The second-order valence-electron chi connectivity index (χ2n) is 9.00. The first kappa shape index (κ1) is 26.7. The van der Waals surface area contributed by atoms with Crippen LogP contribution in [-0.4, -0.2) is 36.0 Å². The van der Waals surface area contributed by atoms with Crippen LogP contribution in [0.2, 0.25) is 5.02 Å². The average molecular weight is 526 g/mol. The zero-order valence-electron chi connectivity index (χ0n) is 21.2. The molecule has 1 unspecified atom stereocenters. The Labute approximate surface area is 221 Å². The summed E-state index contributed by atoms with van der Waals surface area (Å²) in [6, 6.07) is 10.9. The number of carbonyl (C=O) groups is 1. The standard InChI is InChI=1S/C28H32ClN3O5/c1-3-4-9-21-13-19-14-27(36-12-7-11-35-2)23(29)15-22(19)25-16-26(33)24(17-32(21)25)31-28(34)37-18-20-8-5-6-10-30-20/h5-6,8,10,14-17,21H,3-4,7,9,11-13,18H2,1-2H3,(H,31,34). The number of halogens is 1. The lowest BCUT2D eigenvalue weighted by Gasteiger charge is -2.31. The average Bonchev–Trinajstić information content (AvgIpc) is 2.90. The number of fused-ring (bicyclic) bond motifs is 3. The van der Waals surface area contributed by atoms with E-state index in [1.807, 2.05) is 18.2 Å². The Morgan fingerprint density at radius 3 is 2.84 bits per heavy atom. The number of hydrogen-bond donors (Lipinski definition) is 1. The molecule has 0 saturated carbocycles. The van der Waals surface area contributed by atoms with Gasteiger partial charge in [-0.15, -0.1) is 0 Å². The van der Waals surface area contributed by atoms with Gasteiger partial charge in [-0.2, -0.15) is 0 Å². The molecule has 3 heterocycles. The predicted molar refractivity (Wildman–Crippen MR) is 143 cm³/mol. The summed E-state index contributed by atoms with van der Waals surface area (Å²) in [4.78, 5) is 29.6. The predicted octanol–water partition coefficient (Wildman–Crippen LogP) is 6.02. The highest BCUT2D eigenvalue weighted by atomic mass is 35.5. The van der Waals surface area contributed by atoms with Crippen molar-refractivity contribution in [1.82, 2.24) is 9.55 Å². The maximum absolute atomic E-state index is 13.0. The molecule has 0 saturated heterocycles. The molecule has 0 spiro atoms. The van der Waals surface area contributed by atoms with E-state index in [1.165, 1.54) is 0 Å². The van der Waals surface area contributed by atoms with Crippen molar-refractivity contribution < 1.29 is 19.0 Å². The van der Waals surface area contributed by atoms with E-state index >= 15 is 0 Å². The summed E-state index contributed by atoms with van der Waals surface area (Å²) in [5.41, 5.74) is 3.23. The molecule has 9 heteroatoms. The number of pyridine rings is 2. The lowest BCUT2D eigenvalue weighted by atomic mass is 9.90. The second kappa shape index (κ2) is 12.7. The number of nitrogens with zero attached hydrogens (tertiary/aromatic N) is 2. The molecular weight excluding hydrogens is 494 g/mol. The van der Waals surface area contributed by atoms with Gasteiger partial charge in [0.05, 0.1) is 23.0 Å². The fourth-order valence-electron chi connectivity index (χ4n) is 4.46. The molecule has 3 aromatic rings. The molecular formula is C28H32ClN3O5. The van der Waals surface area contributed by atoms with Gasteiger partial charge in [0.2, 0.25) is 5.43 Å². The number of carbonyl (C=O) groups excluding carboxylic acids is 1. The maximum atomic E-state index is 13.0. The van der Waals surface area contributed by atoms with Crippen LogP contribution in [0.4, 0.5) is 10.5 Å². The van der Waals surface area contributed by atoms with E-state index in [9.17, 15) is 9.59 Å². The topological polar surface area (TPSA) is 91.7 Å². The van der Waals surface area contributed by atoms with E-state index in [2.05, 4.69) is 21.8 Å². The van der Waals surface area contributed by atoms with Crippen LogP contribution in [0.3, 0.4) is 0 Å². The zero-order valence-corrected chi connectivity index (χ0v) is 21.9. The molecule has 2 aromatic heterocycles. The van der Waals surface area contributed by atoms with Crippen molar-refractivity contribution in [3.63, 3.8) is 0 Å². The molecule has 196 valence electrons. The van der Waals surface area contributed by atoms with Gasteiger partial charge in [-0.25, -0.2) is 4.79 Å². The van der Waals surface area contributed by atoms with E-state index in [1.54, 1.807) is 37.7 Å². The van der Waals surface area contributed by atoms with Crippen LogP contribution in [0.15, 0.2) is 53.6 Å². The molecule has 0 radical (unpaired) electrons. The SMILES string of the molecule is CCCCC1Cc2cc(OCCCOC)c(Cl)cc2-c2cc(=O)c(NC(=O)OCc3ccccn3)cn21. The summed E-state index contributed by atoms with van der Waals surface area (Å²) in [6.45, 7) is 3.29. The number of anilines is 1. The van der Waals surface area contributed by atoms with Crippen LogP contribution in [0.5, 0.6) is 5.75 Å². The Bertz CT molecular complexity index is 1280. The van der Waals surface area contributed by atoms with Gasteiger partial charge in [0, 0.05) is 50.2 Å². The van der Waals surface area contributed by atoms with Crippen molar-refractivity contribution in [2.75, 3.05) is 25.6 Å². The minimum atomic E-state index is -0.706. The van der Waals surface area contributed by atoms with Gasteiger partial charge >= 0.3 is 6.09 Å². The number of ether oxygens (including phenoxy) is 3. The summed E-state index contributed by atoms with van der Waals surface area (Å²) in [7, 11) is 1.66. The third-order valence-corrected chi connectivity index (χ3v) is 6.61. The second-order valence-corrected chi connectivity index (χ2v) is 9.41. The van der Waals surface area contributed by atoms with E-state index < -0.39 is 6.09 Å². The number of aromatic nitrogens is 2. The number of rotatable bonds is 11. The van der Waals surface area contributed by atoms with Crippen LogP contribution in [0.25, 0.3) is 11.3 Å². The van der Waals surface area contributed by atoms with Crippen LogP contribution >= 0.6 is 11.6 Å². The highest BCUT2D eigenvalue weighted by Gasteiger charge is 2.26. The first-order chi connectivity index (χ1) is 18.0. The van der Waals surface area contributed by atoms with Crippen LogP contribution < -0.4 is 15.5 Å². The molecule has 1 N–H and O–H groups in total. The van der Waals surface area contributed by atoms with E-state index in [0.717, 1.165) is 48.9 Å². The molecule has 1 aliphatic heterocycles. The minimum absolute atomic E-state index is 0.0137. The smallest absolute Gasteiger partial charge is 0.412 e. The summed E-state index contributed by atoms with van der Waals surface area (Å²) in [5, 5.41) is 3.10. The highest BCUT2D eigenvalue weighted by Crippen LogP contribution is 2.41. The zero-order chi connectivity index (χ0) is 26.2. The fraction of sp³-hybridized carbons (Fsp3) is 0.393. The molecule has 0 aliphatic carbocycles. The van der Waals surface area contributed by atoms with E-state index in [0.29, 0.717) is 29.7 Å². The number of unbranched alkanes of at least 4 members (excludes halogenated alkanes) is 1. The lowest BCUT2D eigenvalue weighted by molar-refractivity contribution is 0.153. The van der Waals surface area contributed by atoms with Crippen molar-refractivity contribution in [2.45, 2.75) is 51.7 Å². The molecule has 0 fully saturated rings. The quantitative estimate of drug-likeness (QED) is 0.308. The third-order valence-electron chi connectivity index (χ3n) is 6.32. The molecule has 0 bridgehead atoms. The molecule has 1 atom stereocenters. The van der Waals surface area contributed by atoms with Gasteiger partial charge < -0.3 is 18.8 Å². The maximum Gasteiger partial charge on any atom is 0.412 e. The van der Waals surface area contributed by atoms with Crippen LogP contribution in [-0.2, 0) is 22.5 Å². The van der Waals surface area contributed by atoms with Crippen molar-refractivity contribution >= 4 is 23.4 Å². The third kappa shape index (κ3) is 6.70. The van der Waals surface area contributed by atoms with Gasteiger partial charge in [-0.05, 0) is 42.7 Å². The Balaban J connectivity index is 1.59.